The maximum Gasteiger partial charge on any atom is 0.297 e. The minimum Gasteiger partial charge on any atom is -0.491 e. The number of aromatic nitrogens is 1. The van der Waals surface area contributed by atoms with Crippen molar-refractivity contribution < 1.29 is 13.9 Å². The van der Waals surface area contributed by atoms with Gasteiger partial charge in [0.2, 0.25) is 5.76 Å². The molecule has 1 aliphatic heterocycles. The van der Waals surface area contributed by atoms with Crippen LogP contribution in [0.5, 0.6) is 5.75 Å². The summed E-state index contributed by atoms with van der Waals surface area (Å²) in [6.07, 6.45) is 1.66. The second-order valence-electron chi connectivity index (χ2n) is 7.90. The van der Waals surface area contributed by atoms with E-state index in [9.17, 15) is 9.59 Å². The lowest BCUT2D eigenvalue weighted by Gasteiger charge is -2.22. The lowest BCUT2D eigenvalue weighted by atomic mass is 9.98. The zero-order chi connectivity index (χ0) is 22.6. The molecule has 0 N–H and O–H groups in total. The molecule has 1 unspecified atom stereocenters. The minimum absolute atomic E-state index is 0.0342. The lowest BCUT2D eigenvalue weighted by Crippen LogP contribution is -2.29. The Morgan fingerprint density at radius 3 is 2.59 bits per heavy atom. The van der Waals surface area contributed by atoms with Gasteiger partial charge in [-0.2, -0.15) is 0 Å². The van der Waals surface area contributed by atoms with Crippen LogP contribution in [0.1, 0.15) is 47.1 Å². The molecule has 3 heterocycles. The molecule has 6 nitrogen and oxygen atoms in total. The van der Waals surface area contributed by atoms with Crippen LogP contribution in [-0.2, 0) is 0 Å². The second kappa shape index (κ2) is 7.76. The SMILES string of the molecule is Cc1cc2oc3c(c(=O)c2cc1Cl)C(c1ccc(OC(C)C)cc1)N(c1nccs1)C3=O. The molecule has 0 aliphatic carbocycles. The number of rotatable bonds is 4. The van der Waals surface area contributed by atoms with Crippen LogP contribution in [0.15, 0.2) is 57.2 Å². The maximum absolute atomic E-state index is 13.6. The van der Waals surface area contributed by atoms with Gasteiger partial charge < -0.3 is 9.15 Å². The number of anilines is 1. The molecule has 0 spiro atoms. The van der Waals surface area contributed by atoms with Crippen molar-refractivity contribution in [3.8, 4) is 5.75 Å². The highest BCUT2D eigenvalue weighted by molar-refractivity contribution is 7.13. The largest absolute Gasteiger partial charge is 0.491 e. The minimum atomic E-state index is -0.669. The molecule has 162 valence electrons. The number of carbonyl (C=O) groups excluding carboxylic acids is 1. The van der Waals surface area contributed by atoms with E-state index >= 15 is 0 Å². The number of carbonyl (C=O) groups is 1. The standard InChI is InChI=1S/C24H19ClN2O4S/c1-12(2)30-15-6-4-14(5-7-15)20-19-21(28)16-11-17(25)13(3)10-18(16)31-22(19)23(29)27(20)24-26-8-9-32-24/h4-12,20H,1-3H3. The number of aryl methyl sites for hydroxylation is 1. The van der Waals surface area contributed by atoms with Crippen LogP contribution >= 0.6 is 22.9 Å². The highest BCUT2D eigenvalue weighted by atomic mass is 35.5. The Balaban J connectivity index is 1.74. The van der Waals surface area contributed by atoms with Gasteiger partial charge in [0.1, 0.15) is 11.3 Å². The van der Waals surface area contributed by atoms with E-state index in [0.29, 0.717) is 26.9 Å². The smallest absolute Gasteiger partial charge is 0.297 e. The number of halogens is 1. The molecule has 2 aromatic heterocycles. The fourth-order valence-electron chi connectivity index (χ4n) is 3.94. The Labute approximate surface area is 193 Å². The van der Waals surface area contributed by atoms with E-state index in [2.05, 4.69) is 4.98 Å². The maximum atomic E-state index is 13.6. The molecule has 1 amide bonds. The summed E-state index contributed by atoms with van der Waals surface area (Å²) >= 11 is 7.61. The molecule has 0 bridgehead atoms. The predicted molar refractivity (Wildman–Crippen MR) is 125 cm³/mol. The number of ether oxygens (including phenoxy) is 1. The summed E-state index contributed by atoms with van der Waals surface area (Å²) in [5.41, 5.74) is 1.87. The Kier molecular flexibility index (Phi) is 5.03. The monoisotopic (exact) mass is 466 g/mol. The molecule has 1 aliphatic rings. The number of hydrogen-bond acceptors (Lipinski definition) is 6. The van der Waals surface area contributed by atoms with Crippen molar-refractivity contribution in [2.24, 2.45) is 0 Å². The third-order valence-electron chi connectivity index (χ3n) is 5.34. The molecule has 1 atom stereocenters. The van der Waals surface area contributed by atoms with E-state index in [1.807, 2.05) is 45.0 Å². The van der Waals surface area contributed by atoms with E-state index < -0.39 is 11.9 Å². The molecule has 5 rings (SSSR count). The molecule has 0 saturated carbocycles. The third-order valence-corrected chi connectivity index (χ3v) is 6.52. The van der Waals surface area contributed by atoms with E-state index in [0.717, 1.165) is 11.1 Å². The number of thiazole rings is 1. The molecule has 0 fully saturated rings. The van der Waals surface area contributed by atoms with Gasteiger partial charge in [0.25, 0.3) is 5.91 Å². The van der Waals surface area contributed by atoms with Crippen molar-refractivity contribution >= 4 is 44.9 Å². The van der Waals surface area contributed by atoms with E-state index in [-0.39, 0.29) is 22.9 Å². The summed E-state index contributed by atoms with van der Waals surface area (Å²) < 4.78 is 11.7. The van der Waals surface area contributed by atoms with Crippen molar-refractivity contribution in [2.75, 3.05) is 4.90 Å². The predicted octanol–water partition coefficient (Wildman–Crippen LogP) is 5.75. The van der Waals surface area contributed by atoms with Gasteiger partial charge in [-0.15, -0.1) is 11.3 Å². The van der Waals surface area contributed by atoms with Gasteiger partial charge in [-0.1, -0.05) is 23.7 Å². The fourth-order valence-corrected chi connectivity index (χ4v) is 4.77. The van der Waals surface area contributed by atoms with Crippen LogP contribution in [0.25, 0.3) is 11.0 Å². The molecule has 32 heavy (non-hydrogen) atoms. The highest BCUT2D eigenvalue weighted by Gasteiger charge is 2.44. The lowest BCUT2D eigenvalue weighted by molar-refractivity contribution is 0.0971. The summed E-state index contributed by atoms with van der Waals surface area (Å²) in [7, 11) is 0. The molecular weight excluding hydrogens is 448 g/mol. The molecule has 2 aromatic carbocycles. The first-order chi connectivity index (χ1) is 15.3. The summed E-state index contributed by atoms with van der Waals surface area (Å²) in [6, 6.07) is 10.0. The van der Waals surface area contributed by atoms with Gasteiger partial charge in [-0.3, -0.25) is 14.5 Å². The average molecular weight is 467 g/mol. The van der Waals surface area contributed by atoms with Gasteiger partial charge in [0, 0.05) is 16.6 Å². The van der Waals surface area contributed by atoms with Gasteiger partial charge in [0.15, 0.2) is 10.6 Å². The summed E-state index contributed by atoms with van der Waals surface area (Å²) in [5, 5.41) is 3.10. The molecule has 8 heteroatoms. The first kappa shape index (κ1) is 20.7. The van der Waals surface area contributed by atoms with Crippen molar-refractivity contribution in [1.29, 1.82) is 0 Å². The quantitative estimate of drug-likeness (QED) is 0.383. The van der Waals surface area contributed by atoms with Crippen LogP contribution in [0.3, 0.4) is 0 Å². The second-order valence-corrected chi connectivity index (χ2v) is 9.18. The van der Waals surface area contributed by atoms with Crippen molar-refractivity contribution in [2.45, 2.75) is 32.9 Å². The van der Waals surface area contributed by atoms with Gasteiger partial charge >= 0.3 is 0 Å². The van der Waals surface area contributed by atoms with Crippen LogP contribution in [-0.4, -0.2) is 17.0 Å². The number of amides is 1. The first-order valence-electron chi connectivity index (χ1n) is 10.1. The summed E-state index contributed by atoms with van der Waals surface area (Å²) in [6.45, 7) is 5.72. The van der Waals surface area contributed by atoms with E-state index in [1.165, 1.54) is 16.2 Å². The van der Waals surface area contributed by atoms with Crippen LogP contribution < -0.4 is 15.1 Å². The highest BCUT2D eigenvalue weighted by Crippen LogP contribution is 2.42. The fraction of sp³-hybridized carbons (Fsp3) is 0.208. The number of hydrogen-bond donors (Lipinski definition) is 0. The van der Waals surface area contributed by atoms with Crippen LogP contribution in [0.2, 0.25) is 5.02 Å². The normalized spacial score (nSPS) is 15.6. The number of benzene rings is 2. The Morgan fingerprint density at radius 2 is 1.94 bits per heavy atom. The van der Waals surface area contributed by atoms with E-state index in [1.54, 1.807) is 23.7 Å². The Bertz CT molecular complexity index is 1390. The third kappa shape index (κ3) is 3.29. The van der Waals surface area contributed by atoms with Gasteiger partial charge in [-0.05, 0) is 56.2 Å². The summed E-state index contributed by atoms with van der Waals surface area (Å²) in [5.74, 6) is 0.350. The average Bonchev–Trinajstić information content (AvgIpc) is 3.37. The molecular formula is C24H19ClN2O4S. The number of fused-ring (bicyclic) bond motifs is 2. The molecule has 0 radical (unpaired) electrons. The van der Waals surface area contributed by atoms with E-state index in [4.69, 9.17) is 20.8 Å². The topological polar surface area (TPSA) is 72.6 Å². The zero-order valence-electron chi connectivity index (χ0n) is 17.6. The summed E-state index contributed by atoms with van der Waals surface area (Å²) in [4.78, 5) is 32.9. The molecule has 0 saturated heterocycles. The van der Waals surface area contributed by atoms with Crippen molar-refractivity contribution in [1.82, 2.24) is 4.98 Å². The van der Waals surface area contributed by atoms with Crippen molar-refractivity contribution in [3.63, 3.8) is 0 Å². The van der Waals surface area contributed by atoms with Gasteiger partial charge in [-0.25, -0.2) is 4.98 Å². The molecule has 4 aromatic rings. The van der Waals surface area contributed by atoms with Crippen LogP contribution in [0.4, 0.5) is 5.13 Å². The van der Waals surface area contributed by atoms with Crippen LogP contribution in [0, 0.1) is 6.92 Å². The Hall–Kier alpha value is -3.16. The zero-order valence-corrected chi connectivity index (χ0v) is 19.2. The number of nitrogens with zero attached hydrogens (tertiary/aromatic N) is 2. The van der Waals surface area contributed by atoms with Crippen molar-refractivity contribution in [3.05, 3.63) is 85.7 Å². The van der Waals surface area contributed by atoms with Gasteiger partial charge in [0.05, 0.1) is 23.1 Å². The first-order valence-corrected chi connectivity index (χ1v) is 11.4. The Morgan fingerprint density at radius 1 is 1.19 bits per heavy atom.